The molecule has 0 heterocycles. The van der Waals surface area contributed by atoms with Crippen LogP contribution in [0.15, 0.2) is 63.9 Å². The van der Waals surface area contributed by atoms with E-state index in [-0.39, 0.29) is 10.7 Å². The molecule has 0 fully saturated rings. The Hall–Kier alpha value is -2.39. The molecule has 3 aromatic carbocycles. The monoisotopic (exact) mass is 390 g/mol. The van der Waals surface area contributed by atoms with Gasteiger partial charge in [-0.25, -0.2) is 4.36 Å². The van der Waals surface area contributed by atoms with Gasteiger partial charge in [-0.2, -0.15) is 0 Å². The lowest BCUT2D eigenvalue weighted by atomic mass is 9.99. The van der Waals surface area contributed by atoms with Gasteiger partial charge >= 0.3 is 0 Å². The van der Waals surface area contributed by atoms with Crippen molar-refractivity contribution in [3.05, 3.63) is 88.0 Å². The molecule has 0 saturated heterocycles. The molecule has 146 valence electrons. The summed E-state index contributed by atoms with van der Waals surface area (Å²) in [5.41, 5.74) is 10.1. The van der Waals surface area contributed by atoms with E-state index in [1.807, 2.05) is 0 Å². The van der Waals surface area contributed by atoms with Crippen LogP contribution in [-0.4, -0.2) is 6.26 Å². The molecule has 28 heavy (non-hydrogen) atoms. The van der Waals surface area contributed by atoms with Crippen molar-refractivity contribution in [3.8, 4) is 0 Å². The summed E-state index contributed by atoms with van der Waals surface area (Å²) in [6, 6.07) is 19.5. The van der Waals surface area contributed by atoms with E-state index in [0.717, 1.165) is 17.9 Å². The molecule has 3 aromatic rings. The van der Waals surface area contributed by atoms with Gasteiger partial charge in [0.1, 0.15) is 0 Å². The van der Waals surface area contributed by atoms with E-state index in [0.29, 0.717) is 0 Å². The highest BCUT2D eigenvalue weighted by Gasteiger charge is 2.09. The average Bonchev–Trinajstić information content (AvgIpc) is 2.65. The average molecular weight is 391 g/mol. The summed E-state index contributed by atoms with van der Waals surface area (Å²) in [6.45, 7) is 11.7. The smallest absolute Gasteiger partial charge is 0.0941 e. The summed E-state index contributed by atoms with van der Waals surface area (Å²) in [6.07, 6.45) is 2.18. The fourth-order valence-electron chi connectivity index (χ4n) is 3.51. The van der Waals surface area contributed by atoms with Crippen molar-refractivity contribution in [2.75, 3.05) is 11.6 Å². The minimum Gasteiger partial charge on any atom is -0.379 e. The number of nitrogens with one attached hydrogen (secondary N) is 1. The van der Waals surface area contributed by atoms with Crippen molar-refractivity contribution in [2.24, 2.45) is 4.36 Å². The van der Waals surface area contributed by atoms with Crippen molar-refractivity contribution in [2.45, 2.75) is 46.1 Å². The van der Waals surface area contributed by atoms with Gasteiger partial charge in [0.25, 0.3) is 0 Å². The largest absolute Gasteiger partial charge is 0.379 e. The number of aryl methyl sites for hydroxylation is 5. The van der Waals surface area contributed by atoms with Crippen LogP contribution in [-0.2, 0) is 17.2 Å². The predicted molar refractivity (Wildman–Crippen MR) is 124 cm³/mol. The third kappa shape index (κ3) is 4.71. The first-order valence-corrected chi connectivity index (χ1v) is 11.3. The van der Waals surface area contributed by atoms with E-state index in [9.17, 15) is 0 Å². The summed E-state index contributed by atoms with van der Waals surface area (Å²) < 4.78 is 5.07. The highest BCUT2D eigenvalue weighted by atomic mass is 32.2. The number of anilines is 1. The molecule has 1 atom stereocenters. The maximum Gasteiger partial charge on any atom is 0.0941 e. The van der Waals surface area contributed by atoms with Gasteiger partial charge < -0.3 is 5.32 Å². The Morgan fingerprint density at radius 2 is 1.39 bits per heavy atom. The minimum absolute atomic E-state index is 0.185. The van der Waals surface area contributed by atoms with Crippen molar-refractivity contribution in [3.63, 3.8) is 0 Å². The number of rotatable bonds is 5. The van der Waals surface area contributed by atoms with Crippen LogP contribution in [0, 0.1) is 34.6 Å². The topological polar surface area (TPSA) is 24.4 Å². The quantitative estimate of drug-likeness (QED) is 0.500. The van der Waals surface area contributed by atoms with Crippen LogP contribution in [0.4, 0.5) is 11.4 Å². The molecule has 0 aliphatic carbocycles. The van der Waals surface area contributed by atoms with E-state index in [2.05, 4.69) is 101 Å². The van der Waals surface area contributed by atoms with Gasteiger partial charge in [0.2, 0.25) is 0 Å². The Labute approximate surface area is 172 Å². The van der Waals surface area contributed by atoms with Crippen LogP contribution in [0.5, 0.6) is 0 Å². The Bertz CT molecular complexity index is 997. The van der Waals surface area contributed by atoms with Crippen molar-refractivity contribution in [1.29, 1.82) is 0 Å². The molecule has 3 rings (SSSR count). The van der Waals surface area contributed by atoms with E-state index < -0.39 is 0 Å². The zero-order valence-electron chi connectivity index (χ0n) is 17.8. The molecular weight excluding hydrogens is 360 g/mol. The highest BCUT2D eigenvalue weighted by Crippen LogP contribution is 2.31. The maximum atomic E-state index is 5.07. The molecule has 0 aliphatic rings. The first kappa shape index (κ1) is 20.3. The number of benzene rings is 3. The first-order valence-electron chi connectivity index (χ1n) is 9.70. The maximum absolute atomic E-state index is 5.07. The fourth-order valence-corrected chi connectivity index (χ4v) is 4.61. The van der Waals surface area contributed by atoms with Gasteiger partial charge in [-0.3, -0.25) is 0 Å². The summed E-state index contributed by atoms with van der Waals surface area (Å²) in [5, 5.41) is 3.67. The van der Waals surface area contributed by atoms with Crippen LogP contribution in [0.1, 0.15) is 33.4 Å². The Balaban J connectivity index is 1.94. The molecule has 0 radical (unpaired) electrons. The number of nitrogens with zero attached hydrogens (tertiary/aromatic N) is 1. The molecule has 1 unspecified atom stereocenters. The van der Waals surface area contributed by atoms with Gasteiger partial charge in [-0.15, -0.1) is 0 Å². The molecule has 2 nitrogen and oxygen atoms in total. The van der Waals surface area contributed by atoms with Crippen LogP contribution < -0.4 is 5.32 Å². The summed E-state index contributed by atoms with van der Waals surface area (Å²) in [7, 11) is -0.185. The predicted octanol–water partition coefficient (Wildman–Crippen LogP) is 6.96. The van der Waals surface area contributed by atoms with Gasteiger partial charge in [0.15, 0.2) is 0 Å². The lowest BCUT2D eigenvalue weighted by Crippen LogP contribution is -2.05. The molecule has 0 aliphatic heterocycles. The lowest BCUT2D eigenvalue weighted by Gasteiger charge is -2.16. The molecule has 3 heteroatoms. The molecular formula is C25H30N2S. The third-order valence-electron chi connectivity index (χ3n) is 5.23. The first-order chi connectivity index (χ1) is 13.3. The van der Waals surface area contributed by atoms with Gasteiger partial charge in [0, 0.05) is 11.4 Å². The van der Waals surface area contributed by atoms with E-state index in [4.69, 9.17) is 4.36 Å². The van der Waals surface area contributed by atoms with Gasteiger partial charge in [-0.1, -0.05) is 46.6 Å². The van der Waals surface area contributed by atoms with Crippen LogP contribution >= 0.6 is 0 Å². The zero-order valence-corrected chi connectivity index (χ0v) is 18.6. The van der Waals surface area contributed by atoms with E-state index >= 15 is 0 Å². The second-order valence-electron chi connectivity index (χ2n) is 7.57. The number of hydrogen-bond acceptors (Lipinski definition) is 2. The molecule has 0 aromatic heterocycles. The van der Waals surface area contributed by atoms with E-state index in [1.165, 1.54) is 38.3 Å². The van der Waals surface area contributed by atoms with Crippen LogP contribution in [0.3, 0.4) is 0 Å². The highest BCUT2D eigenvalue weighted by molar-refractivity contribution is 7.86. The van der Waals surface area contributed by atoms with Gasteiger partial charge in [-0.05, 0) is 93.0 Å². The SMILES string of the molecule is Cc1cc(C)c(CNc2cc(C)c(C)cc2N=S(C)c2ccccc2)c(C)c1. The van der Waals surface area contributed by atoms with Crippen molar-refractivity contribution in [1.82, 2.24) is 0 Å². The summed E-state index contributed by atoms with van der Waals surface area (Å²) in [4.78, 5) is 1.26. The lowest BCUT2D eigenvalue weighted by molar-refractivity contribution is 1.08. The minimum atomic E-state index is -0.185. The summed E-state index contributed by atoms with van der Waals surface area (Å²) >= 11 is 0. The normalized spacial score (nSPS) is 12.2. The summed E-state index contributed by atoms with van der Waals surface area (Å²) in [5.74, 6) is 0. The van der Waals surface area contributed by atoms with Gasteiger partial charge in [0.05, 0.1) is 11.4 Å². The van der Waals surface area contributed by atoms with Crippen LogP contribution in [0.2, 0.25) is 0 Å². The standard InChI is InChI=1S/C25H30N2S/c1-17-12-20(4)23(21(5)13-17)16-26-24-14-18(2)19(3)15-25(24)27-28(6)22-10-8-7-9-11-22/h7-15,26H,16H2,1-6H3. The number of hydrogen-bond donors (Lipinski definition) is 1. The van der Waals surface area contributed by atoms with Crippen molar-refractivity contribution < 1.29 is 0 Å². The zero-order chi connectivity index (χ0) is 20.3. The second-order valence-corrected chi connectivity index (χ2v) is 9.18. The van der Waals surface area contributed by atoms with Crippen molar-refractivity contribution >= 4 is 22.1 Å². The molecule has 0 bridgehead atoms. The fraction of sp³-hybridized carbons (Fsp3) is 0.280. The molecule has 0 spiro atoms. The molecule has 0 saturated carbocycles. The third-order valence-corrected chi connectivity index (χ3v) is 6.65. The Kier molecular flexibility index (Phi) is 6.35. The Morgan fingerprint density at radius 1 is 0.786 bits per heavy atom. The van der Waals surface area contributed by atoms with E-state index in [1.54, 1.807) is 0 Å². The van der Waals surface area contributed by atoms with Crippen LogP contribution in [0.25, 0.3) is 0 Å². The molecule has 0 amide bonds. The molecule has 1 N–H and O–H groups in total. The second kappa shape index (κ2) is 8.74. The Morgan fingerprint density at radius 3 is 2.04 bits per heavy atom.